The zero-order valence-electron chi connectivity index (χ0n) is 22.1. The number of aromatic nitrogens is 3. The van der Waals surface area contributed by atoms with E-state index in [0.29, 0.717) is 42.3 Å². The van der Waals surface area contributed by atoms with Crippen molar-refractivity contribution in [1.82, 2.24) is 24.6 Å². The highest BCUT2D eigenvalue weighted by Crippen LogP contribution is 2.26. The van der Waals surface area contributed by atoms with E-state index < -0.39 is 11.6 Å². The predicted octanol–water partition coefficient (Wildman–Crippen LogP) is 2.84. The molecule has 0 fully saturated rings. The molecule has 1 aromatic carbocycles. The van der Waals surface area contributed by atoms with Gasteiger partial charge in [-0.3, -0.25) is 9.59 Å². The molecule has 194 valence electrons. The Morgan fingerprint density at radius 2 is 1.78 bits per heavy atom. The van der Waals surface area contributed by atoms with Gasteiger partial charge in [0.25, 0.3) is 5.91 Å². The van der Waals surface area contributed by atoms with Gasteiger partial charge >= 0.3 is 5.97 Å². The molecule has 0 aliphatic carbocycles. The summed E-state index contributed by atoms with van der Waals surface area (Å²) in [7, 11) is 7.04. The number of rotatable bonds is 10. The van der Waals surface area contributed by atoms with Crippen molar-refractivity contribution < 1.29 is 23.8 Å². The lowest BCUT2D eigenvalue weighted by Gasteiger charge is -2.26. The van der Waals surface area contributed by atoms with Gasteiger partial charge in [0, 0.05) is 36.3 Å². The molecule has 0 saturated carbocycles. The van der Waals surface area contributed by atoms with Crippen molar-refractivity contribution in [3.8, 4) is 11.5 Å². The Kier molecular flexibility index (Phi) is 8.52. The minimum Gasteiger partial charge on any atom is -0.497 e. The van der Waals surface area contributed by atoms with Crippen LogP contribution < -0.4 is 9.47 Å². The number of likely N-dealkylation sites (N-methyl/N-ethyl adjacent to an activating group) is 1. The van der Waals surface area contributed by atoms with Crippen LogP contribution in [0.5, 0.6) is 11.5 Å². The average molecular weight is 498 g/mol. The highest BCUT2D eigenvalue weighted by Gasteiger charge is 2.24. The molecule has 0 radical (unpaired) electrons. The fourth-order valence-corrected chi connectivity index (χ4v) is 3.63. The first kappa shape index (κ1) is 26.9. The SMILES string of the molecule is COc1ccc(Cn2ncc3cc(C(=O)N(CCN(C)C)CC(=O)OC(C)(C)C)cnc32)c(OC)c1. The van der Waals surface area contributed by atoms with Crippen LogP contribution in [0.1, 0.15) is 36.7 Å². The number of fused-ring (bicyclic) bond motifs is 1. The number of benzene rings is 1. The highest BCUT2D eigenvalue weighted by molar-refractivity contribution is 5.98. The number of hydrogen-bond donors (Lipinski definition) is 0. The number of hydrogen-bond acceptors (Lipinski definition) is 8. The van der Waals surface area contributed by atoms with Crippen LogP contribution in [0.2, 0.25) is 0 Å². The van der Waals surface area contributed by atoms with Crippen LogP contribution >= 0.6 is 0 Å². The number of amides is 1. The maximum Gasteiger partial charge on any atom is 0.326 e. The molecule has 0 unspecified atom stereocenters. The van der Waals surface area contributed by atoms with Crippen molar-refractivity contribution in [2.75, 3.05) is 47.9 Å². The predicted molar refractivity (Wildman–Crippen MR) is 136 cm³/mol. The van der Waals surface area contributed by atoms with Crippen molar-refractivity contribution in [2.45, 2.75) is 32.9 Å². The molecule has 2 heterocycles. The minimum atomic E-state index is -0.630. The first-order valence-corrected chi connectivity index (χ1v) is 11.7. The van der Waals surface area contributed by atoms with Gasteiger partial charge in [0.15, 0.2) is 5.65 Å². The van der Waals surface area contributed by atoms with Crippen LogP contribution in [0.3, 0.4) is 0 Å². The van der Waals surface area contributed by atoms with Crippen molar-refractivity contribution in [1.29, 1.82) is 0 Å². The lowest BCUT2D eigenvalue weighted by molar-refractivity contribution is -0.155. The van der Waals surface area contributed by atoms with Crippen LogP contribution in [-0.4, -0.2) is 90.0 Å². The Morgan fingerprint density at radius 1 is 1.03 bits per heavy atom. The van der Waals surface area contributed by atoms with E-state index in [-0.39, 0.29) is 12.5 Å². The second-order valence-electron chi connectivity index (χ2n) is 9.73. The molecule has 3 aromatic rings. The second kappa shape index (κ2) is 11.4. The van der Waals surface area contributed by atoms with E-state index in [1.54, 1.807) is 51.9 Å². The molecule has 36 heavy (non-hydrogen) atoms. The van der Waals surface area contributed by atoms with Crippen molar-refractivity contribution in [3.05, 3.63) is 47.8 Å². The zero-order chi connectivity index (χ0) is 26.5. The van der Waals surface area contributed by atoms with Crippen LogP contribution in [0.4, 0.5) is 0 Å². The Hall–Kier alpha value is -3.66. The van der Waals surface area contributed by atoms with Crippen LogP contribution in [0, 0.1) is 0 Å². The minimum absolute atomic E-state index is 0.140. The molecule has 0 aliphatic heterocycles. The summed E-state index contributed by atoms with van der Waals surface area (Å²) < 4.78 is 17.9. The summed E-state index contributed by atoms with van der Waals surface area (Å²) in [5.41, 5.74) is 1.30. The van der Waals surface area contributed by atoms with E-state index in [2.05, 4.69) is 10.1 Å². The molecule has 0 atom stereocenters. The summed E-state index contributed by atoms with van der Waals surface area (Å²) in [6.45, 7) is 6.67. The van der Waals surface area contributed by atoms with Gasteiger partial charge in [0.1, 0.15) is 23.6 Å². The molecule has 2 aromatic heterocycles. The maximum absolute atomic E-state index is 13.3. The molecule has 10 nitrogen and oxygen atoms in total. The van der Waals surface area contributed by atoms with Crippen molar-refractivity contribution in [3.63, 3.8) is 0 Å². The maximum atomic E-state index is 13.3. The smallest absolute Gasteiger partial charge is 0.326 e. The number of methoxy groups -OCH3 is 2. The van der Waals surface area contributed by atoms with Crippen molar-refractivity contribution >= 4 is 22.9 Å². The van der Waals surface area contributed by atoms with Gasteiger partial charge in [-0.05, 0) is 53.1 Å². The van der Waals surface area contributed by atoms with Gasteiger partial charge < -0.3 is 24.0 Å². The zero-order valence-corrected chi connectivity index (χ0v) is 22.1. The van der Waals surface area contributed by atoms with Crippen molar-refractivity contribution in [2.24, 2.45) is 0 Å². The van der Waals surface area contributed by atoms with Gasteiger partial charge in [0.2, 0.25) is 0 Å². The van der Waals surface area contributed by atoms with Crippen LogP contribution in [0.15, 0.2) is 36.7 Å². The molecular formula is C26H35N5O5. The van der Waals surface area contributed by atoms with Gasteiger partial charge in [-0.15, -0.1) is 0 Å². The standard InChI is InChI=1S/C26H35N5O5/c1-26(2,3)36-23(32)17-30(11-10-29(4)5)25(33)20-12-19-15-28-31(24(19)27-14-20)16-18-8-9-21(34-6)13-22(18)35-7/h8-9,12-15H,10-11,16-17H2,1-7H3. The van der Waals surface area contributed by atoms with Gasteiger partial charge in [-0.1, -0.05) is 0 Å². The van der Waals surface area contributed by atoms with Gasteiger partial charge in [-0.2, -0.15) is 5.10 Å². The second-order valence-corrected chi connectivity index (χ2v) is 9.73. The van der Waals surface area contributed by atoms with Gasteiger partial charge in [-0.25, -0.2) is 9.67 Å². The lowest BCUT2D eigenvalue weighted by Crippen LogP contribution is -2.42. The third kappa shape index (κ3) is 6.94. The molecule has 0 N–H and O–H groups in total. The molecule has 0 saturated heterocycles. The molecule has 0 aliphatic rings. The Labute approximate surface area is 211 Å². The summed E-state index contributed by atoms with van der Waals surface area (Å²) in [6.07, 6.45) is 3.19. The first-order chi connectivity index (χ1) is 17.0. The normalized spacial score (nSPS) is 11.6. The Balaban J connectivity index is 1.83. The van der Waals surface area contributed by atoms with E-state index in [1.165, 1.54) is 11.1 Å². The molecule has 1 amide bonds. The number of ether oxygens (including phenoxy) is 3. The fourth-order valence-electron chi connectivity index (χ4n) is 3.63. The van der Waals surface area contributed by atoms with E-state index >= 15 is 0 Å². The summed E-state index contributed by atoms with van der Waals surface area (Å²) in [6, 6.07) is 7.35. The Morgan fingerprint density at radius 3 is 2.42 bits per heavy atom. The number of carbonyl (C=O) groups is 2. The topological polar surface area (TPSA) is 99.0 Å². The van der Waals surface area contributed by atoms with Crippen LogP contribution in [0.25, 0.3) is 11.0 Å². The number of nitrogens with zero attached hydrogens (tertiary/aromatic N) is 5. The number of esters is 1. The highest BCUT2D eigenvalue weighted by atomic mass is 16.6. The summed E-state index contributed by atoms with van der Waals surface area (Å²) in [5.74, 6) is 0.641. The summed E-state index contributed by atoms with van der Waals surface area (Å²) in [4.78, 5) is 33.8. The fraction of sp³-hybridized carbons (Fsp3) is 0.462. The molecule has 10 heteroatoms. The molecule has 0 bridgehead atoms. The largest absolute Gasteiger partial charge is 0.497 e. The monoisotopic (exact) mass is 497 g/mol. The molecular weight excluding hydrogens is 462 g/mol. The third-order valence-electron chi connectivity index (χ3n) is 5.38. The molecule has 3 rings (SSSR count). The Bertz CT molecular complexity index is 1220. The van der Waals surface area contributed by atoms with E-state index in [0.717, 1.165) is 10.9 Å². The lowest BCUT2D eigenvalue weighted by atomic mass is 10.2. The third-order valence-corrected chi connectivity index (χ3v) is 5.38. The van der Waals surface area contributed by atoms with E-state index in [4.69, 9.17) is 14.2 Å². The number of pyridine rings is 1. The summed E-state index contributed by atoms with van der Waals surface area (Å²) in [5, 5.41) is 5.18. The number of carbonyl (C=O) groups excluding carboxylic acids is 2. The van der Waals surface area contributed by atoms with E-state index in [9.17, 15) is 9.59 Å². The first-order valence-electron chi connectivity index (χ1n) is 11.7. The average Bonchev–Trinajstić information content (AvgIpc) is 3.22. The summed E-state index contributed by atoms with van der Waals surface area (Å²) >= 11 is 0. The quantitative estimate of drug-likeness (QED) is 0.395. The van der Waals surface area contributed by atoms with Gasteiger partial charge in [0.05, 0.1) is 32.5 Å². The van der Waals surface area contributed by atoms with Crippen LogP contribution in [-0.2, 0) is 16.1 Å². The van der Waals surface area contributed by atoms with E-state index in [1.807, 2.05) is 37.2 Å². The molecule has 0 spiro atoms.